The third kappa shape index (κ3) is 20.8. The summed E-state index contributed by atoms with van der Waals surface area (Å²) in [7, 11) is 0. The average molecular weight is 729 g/mol. The zero-order valence-corrected chi connectivity index (χ0v) is 28.1. The highest BCUT2D eigenvalue weighted by molar-refractivity contribution is 8.16. The minimum absolute atomic E-state index is 0.112. The van der Waals surface area contributed by atoms with Crippen molar-refractivity contribution in [1.29, 1.82) is 0 Å². The molecule has 0 aromatic carbocycles. The monoisotopic (exact) mass is 728 g/mol. The van der Waals surface area contributed by atoms with Crippen LogP contribution in [0, 0.1) is 5.41 Å². The van der Waals surface area contributed by atoms with Gasteiger partial charge >= 0.3 is 23.9 Å². The van der Waals surface area contributed by atoms with Gasteiger partial charge in [-0.1, -0.05) is 47.0 Å². The van der Waals surface area contributed by atoms with Crippen molar-refractivity contribution < 1.29 is 57.3 Å². The van der Waals surface area contributed by atoms with Gasteiger partial charge in [-0.15, -0.1) is 0 Å². The number of hydrogen-bond donors (Lipinski definition) is 4. The first-order valence-corrected chi connectivity index (χ1v) is 17.6. The zero-order chi connectivity index (χ0) is 31.3. The van der Waals surface area contributed by atoms with Gasteiger partial charge in [0.2, 0.25) is 0 Å². The largest absolute Gasteiger partial charge is 0.464 e. The number of thiol groups is 4. The molecule has 0 aliphatic rings. The van der Waals surface area contributed by atoms with Crippen LogP contribution >= 0.6 is 97.6 Å². The first-order chi connectivity index (χ1) is 19.4. The van der Waals surface area contributed by atoms with E-state index in [1.54, 1.807) is 0 Å². The smallest absolute Gasteiger partial charge is 0.316 e. The molecule has 0 spiro atoms. The minimum atomic E-state index is -1.64. The zero-order valence-electron chi connectivity index (χ0n) is 21.3. The summed E-state index contributed by atoms with van der Waals surface area (Å²) >= 11 is 17.9. The maximum Gasteiger partial charge on any atom is 0.316 e. The lowest BCUT2D eigenvalue weighted by molar-refractivity contribution is -0.167. The van der Waals surface area contributed by atoms with Crippen molar-refractivity contribution in [2.24, 2.45) is 5.41 Å². The first-order valence-electron chi connectivity index (χ1n) is 11.1. The van der Waals surface area contributed by atoms with Gasteiger partial charge in [0.1, 0.15) is 31.8 Å². The summed E-state index contributed by atoms with van der Waals surface area (Å²) in [5, 5.41) is -1.54. The van der Waals surface area contributed by atoms with Crippen molar-refractivity contribution in [2.75, 3.05) is 72.5 Å². The predicted octanol–water partition coefficient (Wildman–Crippen LogP) is 0.904. The molecule has 0 amide bonds. The van der Waals surface area contributed by atoms with Gasteiger partial charge in [-0.2, -0.15) is 50.5 Å². The molecule has 0 fully saturated rings. The fourth-order valence-electron chi connectivity index (χ4n) is 2.09. The molecule has 0 radical (unpaired) electrons. The van der Waals surface area contributed by atoms with Gasteiger partial charge < -0.3 is 18.9 Å². The summed E-state index contributed by atoms with van der Waals surface area (Å²) in [6.45, 7) is -2.38. The quantitative estimate of drug-likeness (QED) is 0.0791. The van der Waals surface area contributed by atoms with E-state index in [-0.39, 0.29) is 66.5 Å². The summed E-state index contributed by atoms with van der Waals surface area (Å²) in [4.78, 5) is 94.9. The molecule has 232 valence electrons. The van der Waals surface area contributed by atoms with Crippen LogP contribution in [0.2, 0.25) is 0 Å². The molecule has 0 unspecified atom stereocenters. The van der Waals surface area contributed by atoms with E-state index in [9.17, 15) is 38.4 Å². The fraction of sp³-hybridized carbons (Fsp3) is 0.619. The average Bonchev–Trinajstić information content (AvgIpc) is 2.98. The van der Waals surface area contributed by atoms with Crippen LogP contribution in [-0.2, 0) is 57.3 Å². The topological polar surface area (TPSA) is 173 Å². The van der Waals surface area contributed by atoms with E-state index in [1.165, 1.54) is 0 Å². The van der Waals surface area contributed by atoms with Crippen molar-refractivity contribution in [2.45, 2.75) is 0 Å². The second kappa shape index (κ2) is 23.8. The van der Waals surface area contributed by atoms with Gasteiger partial charge in [-0.05, 0) is 0 Å². The first kappa shape index (κ1) is 40.4. The van der Waals surface area contributed by atoms with Crippen LogP contribution < -0.4 is 0 Å². The Morgan fingerprint density at radius 1 is 0.415 bits per heavy atom. The van der Waals surface area contributed by atoms with Crippen molar-refractivity contribution in [3.8, 4) is 0 Å². The highest BCUT2D eigenvalue weighted by atomic mass is 32.2. The fourth-order valence-corrected chi connectivity index (χ4v) is 5.00. The Morgan fingerprint density at radius 2 is 0.610 bits per heavy atom. The molecule has 0 aromatic rings. The number of hydrogen-bond acceptors (Lipinski definition) is 20. The molecule has 0 aromatic heterocycles. The van der Waals surface area contributed by atoms with Crippen molar-refractivity contribution in [3.63, 3.8) is 0 Å². The molecule has 12 nitrogen and oxygen atoms in total. The molecular formula is C21H28O12S8. The number of thioether (sulfide) groups is 4. The predicted molar refractivity (Wildman–Crippen MR) is 172 cm³/mol. The Kier molecular flexibility index (Phi) is 23.4. The van der Waals surface area contributed by atoms with E-state index in [1.807, 2.05) is 0 Å². The standard InChI is InChI=1S/C21H28O12S8/c22-13(5-38-17(26)1-34)30-9-21(10-31-14(23)6-39-18(27)2-35,11-32-15(24)7-40-19(28)3-36)12-33-16(25)8-41-20(29)4-37/h34-37H,1-12H2. The van der Waals surface area contributed by atoms with E-state index in [4.69, 9.17) is 18.9 Å². The second-order valence-corrected chi connectivity index (χ2v) is 12.8. The molecule has 0 aliphatic carbocycles. The Labute approximate surface area is 275 Å². The molecule has 0 heterocycles. The van der Waals surface area contributed by atoms with Crippen LogP contribution in [0.3, 0.4) is 0 Å². The van der Waals surface area contributed by atoms with E-state index in [2.05, 4.69) is 50.5 Å². The summed E-state index contributed by atoms with van der Waals surface area (Å²) in [6.07, 6.45) is 0. The molecule has 0 atom stereocenters. The normalized spacial score (nSPS) is 10.8. The van der Waals surface area contributed by atoms with Gasteiger partial charge in [0, 0.05) is 0 Å². The maximum absolute atomic E-state index is 12.3. The van der Waals surface area contributed by atoms with Gasteiger partial charge in [0.25, 0.3) is 0 Å². The number of esters is 4. The van der Waals surface area contributed by atoms with Crippen molar-refractivity contribution in [1.82, 2.24) is 0 Å². The number of carbonyl (C=O) groups is 8. The van der Waals surface area contributed by atoms with Crippen LogP contribution in [0.25, 0.3) is 0 Å². The lowest BCUT2D eigenvalue weighted by Gasteiger charge is -2.31. The Balaban J connectivity index is 5.75. The lowest BCUT2D eigenvalue weighted by atomic mass is 9.92. The summed E-state index contributed by atoms with van der Waals surface area (Å²) in [5.41, 5.74) is -1.64. The Morgan fingerprint density at radius 3 is 0.780 bits per heavy atom. The minimum Gasteiger partial charge on any atom is -0.464 e. The molecular weight excluding hydrogens is 701 g/mol. The van der Waals surface area contributed by atoms with E-state index in [0.29, 0.717) is 47.0 Å². The molecule has 0 saturated carbocycles. The summed E-state index contributed by atoms with van der Waals surface area (Å²) in [6, 6.07) is 0. The van der Waals surface area contributed by atoms with Crippen LogP contribution in [-0.4, -0.2) is 117 Å². The molecule has 41 heavy (non-hydrogen) atoms. The van der Waals surface area contributed by atoms with E-state index >= 15 is 0 Å². The Hall–Kier alpha value is -0.640. The van der Waals surface area contributed by atoms with Crippen LogP contribution in [0.5, 0.6) is 0 Å². The van der Waals surface area contributed by atoms with Gasteiger partial charge in [-0.25, -0.2) is 0 Å². The number of carbonyl (C=O) groups excluding carboxylic acids is 8. The second-order valence-electron chi connectivity index (χ2n) is 7.42. The van der Waals surface area contributed by atoms with Crippen molar-refractivity contribution in [3.05, 3.63) is 0 Å². The lowest BCUT2D eigenvalue weighted by Crippen LogP contribution is -2.44. The van der Waals surface area contributed by atoms with Gasteiger partial charge in [0.15, 0.2) is 20.5 Å². The summed E-state index contributed by atoms with van der Waals surface area (Å²) in [5.74, 6) is -5.33. The van der Waals surface area contributed by atoms with Crippen LogP contribution in [0.1, 0.15) is 0 Å². The summed E-state index contributed by atoms with van der Waals surface area (Å²) < 4.78 is 20.9. The van der Waals surface area contributed by atoms with E-state index < -0.39 is 55.7 Å². The van der Waals surface area contributed by atoms with Crippen LogP contribution in [0.4, 0.5) is 0 Å². The highest BCUT2D eigenvalue weighted by Crippen LogP contribution is 2.23. The van der Waals surface area contributed by atoms with Gasteiger partial charge in [0.05, 0.1) is 46.0 Å². The molecule has 0 rings (SSSR count). The molecule has 0 aliphatic heterocycles. The third-order valence-electron chi connectivity index (χ3n) is 4.08. The molecule has 0 saturated heterocycles. The molecule has 20 heteroatoms. The molecule has 0 bridgehead atoms. The van der Waals surface area contributed by atoms with E-state index in [0.717, 1.165) is 0 Å². The maximum atomic E-state index is 12.3. The van der Waals surface area contributed by atoms with Gasteiger partial charge in [-0.3, -0.25) is 38.4 Å². The highest BCUT2D eigenvalue weighted by Gasteiger charge is 2.38. The number of ether oxygens (including phenoxy) is 4. The Bertz CT molecular complexity index is 796. The number of rotatable bonds is 20. The third-order valence-corrected chi connectivity index (χ3v) is 9.47. The van der Waals surface area contributed by atoms with Crippen LogP contribution in [0.15, 0.2) is 0 Å². The SMILES string of the molecule is O=C(CSC(=O)CS)OCC(COC(=O)CSC(=O)CS)(COC(=O)CSC(=O)CS)COC(=O)CSC(=O)CS. The molecule has 0 N–H and O–H groups in total. The van der Waals surface area contributed by atoms with Crippen molar-refractivity contribution >= 4 is 142 Å².